The van der Waals surface area contributed by atoms with Crippen LogP contribution in [0.15, 0.2) is 48.5 Å². The van der Waals surface area contributed by atoms with E-state index < -0.39 is 12.7 Å². The number of carbonyl (C=O) groups excluding carboxylic acids is 2. The molecule has 0 bridgehead atoms. The van der Waals surface area contributed by atoms with Gasteiger partial charge < -0.3 is 20.5 Å². The lowest BCUT2D eigenvalue weighted by molar-refractivity contribution is -0.124. The maximum atomic E-state index is 12.3. The predicted octanol–water partition coefficient (Wildman–Crippen LogP) is 3.56. The van der Waals surface area contributed by atoms with Crippen LogP contribution in [0.2, 0.25) is 0 Å². The van der Waals surface area contributed by atoms with Crippen LogP contribution in [0.3, 0.4) is 0 Å². The maximum absolute atomic E-state index is 12.3. The fraction of sp³-hybridized carbons (Fsp3) is 0.391. The quantitative estimate of drug-likeness (QED) is 0.566. The molecule has 3 rings (SSSR count). The zero-order valence-electron chi connectivity index (χ0n) is 17.0. The minimum Gasteiger partial charge on any atom is -0.435 e. The van der Waals surface area contributed by atoms with Gasteiger partial charge in [0.15, 0.2) is 0 Å². The molecule has 0 aliphatic heterocycles. The van der Waals surface area contributed by atoms with Crippen LogP contribution in [0.5, 0.6) is 5.75 Å². The number of aliphatic hydroxyl groups excluding tert-OH is 1. The molecule has 1 unspecified atom stereocenters. The van der Waals surface area contributed by atoms with Crippen molar-refractivity contribution in [3.63, 3.8) is 0 Å². The lowest BCUT2D eigenvalue weighted by Gasteiger charge is -2.13. The Morgan fingerprint density at radius 1 is 1.00 bits per heavy atom. The first-order valence-electron chi connectivity index (χ1n) is 10.3. The van der Waals surface area contributed by atoms with Gasteiger partial charge in [-0.05, 0) is 48.2 Å². The van der Waals surface area contributed by atoms with Crippen LogP contribution < -0.4 is 15.4 Å². The first-order valence-corrected chi connectivity index (χ1v) is 10.3. The highest BCUT2D eigenvalue weighted by Crippen LogP contribution is 2.24. The Balaban J connectivity index is 1.45. The molecule has 0 spiro atoms. The Bertz CT molecular complexity index is 866. The monoisotopic (exact) mass is 432 g/mol. The third-order valence-corrected chi connectivity index (χ3v) is 5.35. The second-order valence-electron chi connectivity index (χ2n) is 7.57. The van der Waals surface area contributed by atoms with Gasteiger partial charge in [-0.3, -0.25) is 9.59 Å². The van der Waals surface area contributed by atoms with Gasteiger partial charge in [0.25, 0.3) is 5.91 Å². The molecule has 166 valence electrons. The van der Waals surface area contributed by atoms with Gasteiger partial charge in [0.2, 0.25) is 5.91 Å². The molecule has 1 saturated carbocycles. The average Bonchev–Trinajstić information content (AvgIpc) is 3.31. The molecule has 1 aliphatic rings. The van der Waals surface area contributed by atoms with Crippen LogP contribution in [-0.4, -0.2) is 30.1 Å². The molecule has 0 aromatic heterocycles. The lowest BCUT2D eigenvalue weighted by Crippen LogP contribution is -2.29. The van der Waals surface area contributed by atoms with Crippen molar-refractivity contribution in [3.05, 3.63) is 65.2 Å². The Labute approximate surface area is 179 Å². The van der Waals surface area contributed by atoms with Crippen LogP contribution in [0, 0.1) is 5.92 Å². The normalized spacial score (nSPS) is 15.0. The molecule has 1 fully saturated rings. The van der Waals surface area contributed by atoms with Crippen molar-refractivity contribution in [2.24, 2.45) is 5.92 Å². The maximum Gasteiger partial charge on any atom is 0.387 e. The third kappa shape index (κ3) is 6.75. The summed E-state index contributed by atoms with van der Waals surface area (Å²) in [5.74, 6) is -0.153. The summed E-state index contributed by atoms with van der Waals surface area (Å²) < 4.78 is 28.6. The van der Waals surface area contributed by atoms with Crippen LogP contribution >= 0.6 is 0 Å². The van der Waals surface area contributed by atoms with Crippen molar-refractivity contribution in [2.45, 2.75) is 44.9 Å². The SMILES string of the molecule is O=C(NCC(O)c1ccc(OC(F)F)cc1)c1ccc(CNC(=O)C2CCCC2)cc1. The van der Waals surface area contributed by atoms with Crippen molar-refractivity contribution in [2.75, 3.05) is 6.54 Å². The summed E-state index contributed by atoms with van der Waals surface area (Å²) in [6, 6.07) is 12.5. The number of alkyl halides is 2. The highest BCUT2D eigenvalue weighted by atomic mass is 19.3. The Morgan fingerprint density at radius 2 is 1.65 bits per heavy atom. The average molecular weight is 432 g/mol. The molecule has 0 radical (unpaired) electrons. The lowest BCUT2D eigenvalue weighted by atomic mass is 10.1. The van der Waals surface area contributed by atoms with E-state index in [1.807, 2.05) is 0 Å². The zero-order valence-corrected chi connectivity index (χ0v) is 17.0. The summed E-state index contributed by atoms with van der Waals surface area (Å²) in [7, 11) is 0. The number of hydrogen-bond donors (Lipinski definition) is 3. The zero-order chi connectivity index (χ0) is 22.2. The highest BCUT2D eigenvalue weighted by Gasteiger charge is 2.22. The number of aliphatic hydroxyl groups is 1. The van der Waals surface area contributed by atoms with Gasteiger partial charge in [0, 0.05) is 24.6 Å². The minimum absolute atomic E-state index is 0.00509. The molecular formula is C23H26F2N2O4. The molecule has 3 N–H and O–H groups in total. The predicted molar refractivity (Wildman–Crippen MR) is 111 cm³/mol. The van der Waals surface area contributed by atoms with Gasteiger partial charge in [-0.15, -0.1) is 0 Å². The van der Waals surface area contributed by atoms with Gasteiger partial charge in [-0.2, -0.15) is 8.78 Å². The van der Waals surface area contributed by atoms with E-state index in [1.165, 1.54) is 24.3 Å². The van der Waals surface area contributed by atoms with Gasteiger partial charge in [-0.25, -0.2) is 0 Å². The summed E-state index contributed by atoms with van der Waals surface area (Å²) in [5.41, 5.74) is 1.79. The Hall–Kier alpha value is -3.00. The molecule has 1 aliphatic carbocycles. The van der Waals surface area contributed by atoms with E-state index >= 15 is 0 Å². The summed E-state index contributed by atoms with van der Waals surface area (Å²) in [5, 5.41) is 15.8. The number of rotatable bonds is 9. The largest absolute Gasteiger partial charge is 0.435 e. The van der Waals surface area contributed by atoms with Crippen LogP contribution in [0.1, 0.15) is 53.3 Å². The van der Waals surface area contributed by atoms with Crippen LogP contribution in [0.25, 0.3) is 0 Å². The third-order valence-electron chi connectivity index (χ3n) is 5.35. The van der Waals surface area contributed by atoms with Crippen molar-refractivity contribution < 1.29 is 28.2 Å². The summed E-state index contributed by atoms with van der Waals surface area (Å²) in [6.45, 7) is -2.53. The van der Waals surface area contributed by atoms with Gasteiger partial charge >= 0.3 is 6.61 Å². The minimum atomic E-state index is -2.91. The molecule has 31 heavy (non-hydrogen) atoms. The van der Waals surface area contributed by atoms with Gasteiger partial charge in [-0.1, -0.05) is 37.1 Å². The first kappa shape index (κ1) is 22.7. The smallest absolute Gasteiger partial charge is 0.387 e. The van der Waals surface area contributed by atoms with E-state index in [9.17, 15) is 23.5 Å². The molecule has 2 amide bonds. The molecule has 2 aromatic carbocycles. The standard InChI is InChI=1S/C23H26F2N2O4/c24-23(25)31-19-11-9-16(10-12-19)20(28)14-27-22(30)18-7-5-15(6-8-18)13-26-21(29)17-3-1-2-4-17/h5-12,17,20,23,28H,1-4,13-14H2,(H,26,29)(H,27,30). The van der Waals surface area contributed by atoms with Crippen molar-refractivity contribution in [3.8, 4) is 5.75 Å². The van der Waals surface area contributed by atoms with E-state index in [1.54, 1.807) is 24.3 Å². The number of amides is 2. The number of nitrogens with one attached hydrogen (secondary N) is 2. The molecule has 0 heterocycles. The fourth-order valence-electron chi connectivity index (χ4n) is 3.58. The number of carbonyl (C=O) groups is 2. The van der Waals surface area contributed by atoms with E-state index in [0.29, 0.717) is 17.7 Å². The van der Waals surface area contributed by atoms with Crippen molar-refractivity contribution in [1.29, 1.82) is 0 Å². The van der Waals surface area contributed by atoms with Crippen LogP contribution in [-0.2, 0) is 11.3 Å². The molecule has 0 saturated heterocycles. The van der Waals surface area contributed by atoms with Crippen molar-refractivity contribution >= 4 is 11.8 Å². The Kier molecular flexibility index (Phi) is 7.94. The van der Waals surface area contributed by atoms with Gasteiger partial charge in [0.1, 0.15) is 5.75 Å². The van der Waals surface area contributed by atoms with E-state index in [4.69, 9.17) is 0 Å². The molecule has 2 aromatic rings. The highest BCUT2D eigenvalue weighted by molar-refractivity contribution is 5.94. The topological polar surface area (TPSA) is 87.7 Å². The summed E-state index contributed by atoms with van der Waals surface area (Å²) in [6.07, 6.45) is 3.12. The number of hydrogen-bond acceptors (Lipinski definition) is 4. The Morgan fingerprint density at radius 3 is 2.26 bits per heavy atom. The molecule has 8 heteroatoms. The van der Waals surface area contributed by atoms with E-state index in [2.05, 4.69) is 15.4 Å². The van der Waals surface area contributed by atoms with Crippen molar-refractivity contribution in [1.82, 2.24) is 10.6 Å². The molecule has 6 nitrogen and oxygen atoms in total. The van der Waals surface area contributed by atoms with Gasteiger partial charge in [0.05, 0.1) is 6.10 Å². The summed E-state index contributed by atoms with van der Waals surface area (Å²) >= 11 is 0. The second-order valence-corrected chi connectivity index (χ2v) is 7.57. The summed E-state index contributed by atoms with van der Waals surface area (Å²) in [4.78, 5) is 24.4. The number of ether oxygens (including phenoxy) is 1. The molecular weight excluding hydrogens is 406 g/mol. The number of halogens is 2. The first-order chi connectivity index (χ1) is 14.9. The second kappa shape index (κ2) is 10.9. The fourth-order valence-corrected chi connectivity index (χ4v) is 3.58. The van der Waals surface area contributed by atoms with E-state index in [0.717, 1.165) is 31.2 Å². The van der Waals surface area contributed by atoms with E-state index in [-0.39, 0.29) is 30.0 Å². The molecule has 1 atom stereocenters. The van der Waals surface area contributed by atoms with Crippen LogP contribution in [0.4, 0.5) is 8.78 Å². The number of benzene rings is 2.